The Balaban J connectivity index is 1.29. The molecule has 1 saturated heterocycles. The van der Waals surface area contributed by atoms with Crippen LogP contribution in [-0.2, 0) is 9.59 Å². The number of benzene rings is 1. The zero-order valence-electron chi connectivity index (χ0n) is 22.6. The van der Waals surface area contributed by atoms with Crippen molar-refractivity contribution in [3.63, 3.8) is 0 Å². The molecule has 2 N–H and O–H groups in total. The maximum Gasteiger partial charge on any atom is 0.251 e. The van der Waals surface area contributed by atoms with Crippen LogP contribution in [-0.4, -0.2) is 41.8 Å². The van der Waals surface area contributed by atoms with Crippen LogP contribution >= 0.6 is 0 Å². The third-order valence-electron chi connectivity index (χ3n) is 11.0. The molecule has 6 nitrogen and oxygen atoms in total. The molecule has 4 aliphatic rings. The summed E-state index contributed by atoms with van der Waals surface area (Å²) in [5, 5.41) is 6.08. The summed E-state index contributed by atoms with van der Waals surface area (Å²) < 4.78 is 0. The average Bonchev–Trinajstić information content (AvgIpc) is 3.19. The maximum atomic E-state index is 13.1. The molecule has 3 aliphatic carbocycles. The van der Waals surface area contributed by atoms with Gasteiger partial charge in [-0.25, -0.2) is 0 Å². The van der Waals surface area contributed by atoms with Crippen molar-refractivity contribution in [1.29, 1.82) is 0 Å². The minimum atomic E-state index is -0.143. The van der Waals surface area contributed by atoms with Gasteiger partial charge >= 0.3 is 0 Å². The molecule has 1 heterocycles. The summed E-state index contributed by atoms with van der Waals surface area (Å²) in [6, 6.07) is 7.66. The molecule has 5 rings (SSSR count). The van der Waals surface area contributed by atoms with Crippen molar-refractivity contribution in [2.24, 2.45) is 34.5 Å². The lowest BCUT2D eigenvalue weighted by Crippen LogP contribution is -2.61. The highest BCUT2D eigenvalue weighted by Crippen LogP contribution is 2.66. The second-order valence-corrected chi connectivity index (χ2v) is 12.7. The van der Waals surface area contributed by atoms with E-state index in [0.717, 1.165) is 25.2 Å². The van der Waals surface area contributed by atoms with Crippen LogP contribution in [0.3, 0.4) is 0 Å². The second kappa shape index (κ2) is 9.18. The summed E-state index contributed by atoms with van der Waals surface area (Å²) in [5.41, 5.74) is 1.71. The third-order valence-corrected chi connectivity index (χ3v) is 11.0. The molecule has 196 valence electrons. The zero-order valence-corrected chi connectivity index (χ0v) is 22.6. The first-order chi connectivity index (χ1) is 17.0. The van der Waals surface area contributed by atoms with E-state index in [0.29, 0.717) is 47.4 Å². The fourth-order valence-corrected chi connectivity index (χ4v) is 9.34. The molecular weight excluding hydrogens is 450 g/mol. The second-order valence-electron chi connectivity index (χ2n) is 12.7. The van der Waals surface area contributed by atoms with Crippen molar-refractivity contribution in [1.82, 2.24) is 10.2 Å². The van der Waals surface area contributed by atoms with Gasteiger partial charge in [-0.15, -0.1) is 0 Å². The van der Waals surface area contributed by atoms with Crippen molar-refractivity contribution in [3.8, 4) is 0 Å². The number of likely N-dealkylation sites (tertiary alicyclic amines) is 1. The first kappa shape index (κ1) is 25.3. The molecule has 2 unspecified atom stereocenters. The number of nitrogens with zero attached hydrogens (tertiary/aromatic N) is 1. The van der Waals surface area contributed by atoms with Crippen molar-refractivity contribution < 1.29 is 14.4 Å². The molecule has 1 aromatic rings. The lowest BCUT2D eigenvalue weighted by molar-refractivity contribution is -0.158. The predicted octanol–water partition coefficient (Wildman–Crippen LogP) is 5.24. The van der Waals surface area contributed by atoms with E-state index in [1.807, 2.05) is 19.2 Å². The number of hydrogen-bond donors (Lipinski definition) is 2. The van der Waals surface area contributed by atoms with Gasteiger partial charge < -0.3 is 15.5 Å². The summed E-state index contributed by atoms with van der Waals surface area (Å²) in [6.45, 7) is 8.63. The van der Waals surface area contributed by atoms with Gasteiger partial charge in [-0.3, -0.25) is 14.4 Å². The van der Waals surface area contributed by atoms with Crippen LogP contribution < -0.4 is 10.6 Å². The Morgan fingerprint density at radius 3 is 2.53 bits per heavy atom. The molecule has 0 radical (unpaired) electrons. The van der Waals surface area contributed by atoms with E-state index in [4.69, 9.17) is 0 Å². The van der Waals surface area contributed by atoms with Gasteiger partial charge in [0.25, 0.3) is 5.91 Å². The Morgan fingerprint density at radius 1 is 1.03 bits per heavy atom. The number of piperidine rings is 1. The first-order valence-corrected chi connectivity index (χ1v) is 14.0. The highest BCUT2D eigenvalue weighted by Gasteiger charge is 2.61. The highest BCUT2D eigenvalue weighted by atomic mass is 16.2. The summed E-state index contributed by atoms with van der Waals surface area (Å²) >= 11 is 0. The Bertz CT molecular complexity index is 1060. The van der Waals surface area contributed by atoms with Gasteiger partial charge in [-0.1, -0.05) is 19.9 Å². The quantitative estimate of drug-likeness (QED) is 0.602. The Morgan fingerprint density at radius 2 is 1.78 bits per heavy atom. The first-order valence-electron chi connectivity index (χ1n) is 14.0. The van der Waals surface area contributed by atoms with Gasteiger partial charge in [0.05, 0.1) is 0 Å². The fourth-order valence-electron chi connectivity index (χ4n) is 9.34. The fraction of sp³-hybridized carbons (Fsp3) is 0.700. The lowest BCUT2D eigenvalue weighted by Gasteiger charge is -2.62. The Kier molecular flexibility index (Phi) is 6.45. The summed E-state index contributed by atoms with van der Waals surface area (Å²) in [4.78, 5) is 39.1. The molecule has 8 atom stereocenters. The minimum Gasteiger partial charge on any atom is -0.349 e. The van der Waals surface area contributed by atoms with Gasteiger partial charge in [-0.2, -0.15) is 0 Å². The topological polar surface area (TPSA) is 78.5 Å². The molecule has 0 spiro atoms. The monoisotopic (exact) mass is 493 g/mol. The zero-order chi connectivity index (χ0) is 25.8. The van der Waals surface area contributed by atoms with E-state index in [2.05, 4.69) is 36.3 Å². The van der Waals surface area contributed by atoms with Gasteiger partial charge in [-0.05, 0) is 105 Å². The van der Waals surface area contributed by atoms with Gasteiger partial charge in [0.1, 0.15) is 0 Å². The van der Waals surface area contributed by atoms with E-state index >= 15 is 0 Å². The van der Waals surface area contributed by atoms with Crippen LogP contribution in [0, 0.1) is 34.5 Å². The Labute approximate surface area is 216 Å². The van der Waals surface area contributed by atoms with Crippen LogP contribution in [0.15, 0.2) is 24.3 Å². The SMILES string of the molecule is CC(=O)Nc1cccc(C(=O)NC(C)[C@H]2CC[C@H]3[C@@H]4CCC5N(C)C(=O)CC[C@]5(C)[C@H]4CC[C@]23C)c1. The van der Waals surface area contributed by atoms with Gasteiger partial charge in [0.15, 0.2) is 0 Å². The number of carbonyl (C=O) groups excluding carboxylic acids is 3. The molecule has 1 aromatic carbocycles. The molecular formula is C30H43N3O3. The molecule has 6 heteroatoms. The van der Waals surface area contributed by atoms with Gasteiger partial charge in [0.2, 0.25) is 11.8 Å². The van der Waals surface area contributed by atoms with Crippen LogP contribution in [0.5, 0.6) is 0 Å². The molecule has 4 fully saturated rings. The van der Waals surface area contributed by atoms with Crippen molar-refractivity contribution in [2.45, 2.75) is 91.1 Å². The Hall–Kier alpha value is -2.37. The highest BCUT2D eigenvalue weighted by molar-refractivity contribution is 5.96. The van der Waals surface area contributed by atoms with E-state index in [-0.39, 0.29) is 28.7 Å². The smallest absolute Gasteiger partial charge is 0.251 e. The van der Waals surface area contributed by atoms with E-state index < -0.39 is 0 Å². The van der Waals surface area contributed by atoms with Gasteiger partial charge in [0, 0.05) is 43.7 Å². The normalized spacial score (nSPS) is 38.4. The molecule has 0 aromatic heterocycles. The molecule has 36 heavy (non-hydrogen) atoms. The average molecular weight is 494 g/mol. The van der Waals surface area contributed by atoms with E-state index in [9.17, 15) is 14.4 Å². The minimum absolute atomic E-state index is 0.0710. The summed E-state index contributed by atoms with van der Waals surface area (Å²) in [5.74, 6) is 2.70. The van der Waals surface area contributed by atoms with Crippen LogP contribution in [0.2, 0.25) is 0 Å². The van der Waals surface area contributed by atoms with Crippen LogP contribution in [0.4, 0.5) is 5.69 Å². The number of amides is 3. The van der Waals surface area contributed by atoms with Crippen molar-refractivity contribution in [3.05, 3.63) is 29.8 Å². The summed E-state index contributed by atoms with van der Waals surface area (Å²) in [6.07, 6.45) is 8.96. The number of fused-ring (bicyclic) bond motifs is 5. The number of anilines is 1. The predicted molar refractivity (Wildman–Crippen MR) is 141 cm³/mol. The van der Waals surface area contributed by atoms with Crippen LogP contribution in [0.25, 0.3) is 0 Å². The molecule has 3 saturated carbocycles. The molecule has 3 amide bonds. The third kappa shape index (κ3) is 4.05. The number of nitrogens with one attached hydrogen (secondary N) is 2. The number of hydrogen-bond acceptors (Lipinski definition) is 3. The molecule has 0 bridgehead atoms. The van der Waals surface area contributed by atoms with Crippen LogP contribution in [0.1, 0.15) is 89.4 Å². The van der Waals surface area contributed by atoms with Crippen molar-refractivity contribution >= 4 is 23.4 Å². The maximum absolute atomic E-state index is 13.1. The lowest BCUT2D eigenvalue weighted by atomic mass is 9.46. The molecule has 1 aliphatic heterocycles. The van der Waals surface area contributed by atoms with E-state index in [1.54, 1.807) is 12.1 Å². The summed E-state index contributed by atoms with van der Waals surface area (Å²) in [7, 11) is 2.03. The largest absolute Gasteiger partial charge is 0.349 e. The van der Waals surface area contributed by atoms with E-state index in [1.165, 1.54) is 32.6 Å². The standard InChI is InChI=1S/C30H43N3O3/c1-18(31-28(36)20-7-6-8-21(17-20)32-19(2)34)23-10-11-24-22-9-12-26-30(4,16-14-27(35)33(26)5)25(22)13-15-29(23,24)3/h6-8,17-18,22-26H,9-16H2,1-5H3,(H,31,36)(H,32,34)/t18?,22-,23+,24-,25-,26?,29+,30+/m0/s1. The number of carbonyl (C=O) groups is 3. The number of rotatable bonds is 4. The van der Waals surface area contributed by atoms with Crippen molar-refractivity contribution in [2.75, 3.05) is 12.4 Å².